The highest BCUT2D eigenvalue weighted by atomic mass is 16.5. The molecule has 0 aliphatic carbocycles. The van der Waals surface area contributed by atoms with E-state index in [1.54, 1.807) is 0 Å². The van der Waals surface area contributed by atoms with Crippen molar-refractivity contribution < 1.29 is 14.1 Å². The van der Waals surface area contributed by atoms with Gasteiger partial charge in [0.05, 0.1) is 25.3 Å². The number of urea groups is 1. The molecule has 2 atom stereocenters. The lowest BCUT2D eigenvalue weighted by Crippen LogP contribution is -2.51. The van der Waals surface area contributed by atoms with Gasteiger partial charge in [0.15, 0.2) is 5.82 Å². The summed E-state index contributed by atoms with van der Waals surface area (Å²) in [5, 5.41) is 9.87. The molecule has 144 valence electrons. The Morgan fingerprint density at radius 3 is 2.93 bits per heavy atom. The summed E-state index contributed by atoms with van der Waals surface area (Å²) < 4.78 is 10.9. The maximum atomic E-state index is 12.5. The number of hydrogen-bond donors (Lipinski definition) is 2. The molecule has 0 saturated carbocycles. The van der Waals surface area contributed by atoms with Crippen molar-refractivity contribution in [3.8, 4) is 11.5 Å². The van der Waals surface area contributed by atoms with E-state index in [-0.39, 0.29) is 18.1 Å². The number of hydrogen-bond acceptors (Lipinski definition) is 6. The summed E-state index contributed by atoms with van der Waals surface area (Å²) in [7, 11) is 0. The number of carbonyl (C=O) groups is 1. The predicted octanol–water partition coefficient (Wildman–Crippen LogP) is 2.28. The summed E-state index contributed by atoms with van der Waals surface area (Å²) in [4.78, 5) is 19.2. The van der Waals surface area contributed by atoms with Crippen molar-refractivity contribution in [3.05, 3.63) is 30.1 Å². The summed E-state index contributed by atoms with van der Waals surface area (Å²) in [6.45, 7) is 5.37. The van der Waals surface area contributed by atoms with Gasteiger partial charge in [0, 0.05) is 17.7 Å². The van der Waals surface area contributed by atoms with Crippen LogP contribution in [0.2, 0.25) is 0 Å². The lowest BCUT2D eigenvalue weighted by molar-refractivity contribution is 0.159. The molecule has 3 heterocycles. The molecule has 8 heteroatoms. The number of aromatic nitrogens is 2. The van der Waals surface area contributed by atoms with Crippen LogP contribution in [0.25, 0.3) is 11.5 Å². The molecule has 4 rings (SSSR count). The van der Waals surface area contributed by atoms with Gasteiger partial charge in [-0.15, -0.1) is 0 Å². The van der Waals surface area contributed by atoms with Gasteiger partial charge in [-0.1, -0.05) is 18.1 Å². The second-order valence-electron chi connectivity index (χ2n) is 7.00. The molecule has 2 aromatic rings. The quantitative estimate of drug-likeness (QED) is 0.838. The van der Waals surface area contributed by atoms with Crippen LogP contribution in [-0.4, -0.2) is 59.5 Å². The number of benzene rings is 1. The van der Waals surface area contributed by atoms with Gasteiger partial charge in [0.2, 0.25) is 0 Å². The number of likely N-dealkylation sites (tertiary alicyclic amines) is 1. The van der Waals surface area contributed by atoms with Crippen LogP contribution in [0.4, 0.5) is 10.5 Å². The number of rotatable bonds is 5. The Morgan fingerprint density at radius 1 is 1.30 bits per heavy atom. The van der Waals surface area contributed by atoms with E-state index >= 15 is 0 Å². The third kappa shape index (κ3) is 4.12. The number of amides is 2. The van der Waals surface area contributed by atoms with E-state index in [4.69, 9.17) is 9.26 Å². The lowest BCUT2D eigenvalue weighted by atomic mass is 10.1. The largest absolute Gasteiger partial charge is 0.378 e. The standard InChI is InChI=1S/C19H25N5O3/c1-2-17-22-18(27-23-17)13-6-5-7-14(10-13)20-19(25)21-15-11-26-12-16(15)24-8-3-4-9-24/h5-7,10,15-16H,2-4,8-9,11-12H2,1H3,(H2,20,21,25). The topological polar surface area (TPSA) is 92.5 Å². The second-order valence-corrected chi connectivity index (χ2v) is 7.00. The van der Waals surface area contributed by atoms with Crippen LogP contribution in [0.3, 0.4) is 0 Å². The number of carbonyl (C=O) groups excluding carboxylic acids is 1. The van der Waals surface area contributed by atoms with E-state index in [1.807, 2.05) is 31.2 Å². The van der Waals surface area contributed by atoms with E-state index in [0.29, 0.717) is 37.0 Å². The molecule has 2 amide bonds. The summed E-state index contributed by atoms with van der Waals surface area (Å²) >= 11 is 0. The zero-order valence-electron chi connectivity index (χ0n) is 15.5. The van der Waals surface area contributed by atoms with Gasteiger partial charge in [-0.2, -0.15) is 4.98 Å². The molecule has 2 aliphatic rings. The summed E-state index contributed by atoms with van der Waals surface area (Å²) in [6.07, 6.45) is 3.15. The minimum Gasteiger partial charge on any atom is -0.378 e. The highest BCUT2D eigenvalue weighted by molar-refractivity contribution is 5.90. The van der Waals surface area contributed by atoms with Crippen LogP contribution in [0.1, 0.15) is 25.6 Å². The van der Waals surface area contributed by atoms with Crippen molar-refractivity contribution in [3.63, 3.8) is 0 Å². The van der Waals surface area contributed by atoms with E-state index in [2.05, 4.69) is 25.7 Å². The number of ether oxygens (including phenoxy) is 1. The Bertz CT molecular complexity index is 787. The van der Waals surface area contributed by atoms with Gasteiger partial charge in [-0.3, -0.25) is 4.90 Å². The highest BCUT2D eigenvalue weighted by Gasteiger charge is 2.35. The zero-order valence-corrected chi connectivity index (χ0v) is 15.5. The van der Waals surface area contributed by atoms with Gasteiger partial charge in [0.1, 0.15) is 0 Å². The van der Waals surface area contributed by atoms with Crippen LogP contribution in [0.15, 0.2) is 28.8 Å². The van der Waals surface area contributed by atoms with Gasteiger partial charge < -0.3 is 19.9 Å². The molecule has 2 aliphatic heterocycles. The van der Waals surface area contributed by atoms with Crippen molar-refractivity contribution in [2.45, 2.75) is 38.3 Å². The Balaban J connectivity index is 1.38. The summed E-state index contributed by atoms with van der Waals surface area (Å²) in [6, 6.07) is 7.44. The van der Waals surface area contributed by atoms with Crippen LogP contribution in [-0.2, 0) is 11.2 Å². The Hall–Kier alpha value is -2.45. The Morgan fingerprint density at radius 2 is 2.15 bits per heavy atom. The molecule has 1 aromatic carbocycles. The maximum absolute atomic E-state index is 12.5. The monoisotopic (exact) mass is 371 g/mol. The van der Waals surface area contributed by atoms with Crippen molar-refractivity contribution in [2.24, 2.45) is 0 Å². The third-order valence-electron chi connectivity index (χ3n) is 5.13. The molecular weight excluding hydrogens is 346 g/mol. The van der Waals surface area contributed by atoms with Gasteiger partial charge in [-0.25, -0.2) is 4.79 Å². The molecule has 8 nitrogen and oxygen atoms in total. The normalized spacial score (nSPS) is 22.9. The zero-order chi connectivity index (χ0) is 18.6. The average Bonchev–Trinajstić information content (AvgIpc) is 3.42. The van der Waals surface area contributed by atoms with Crippen LogP contribution in [0.5, 0.6) is 0 Å². The van der Waals surface area contributed by atoms with Crippen LogP contribution >= 0.6 is 0 Å². The number of nitrogens with zero attached hydrogens (tertiary/aromatic N) is 3. The molecule has 0 spiro atoms. The predicted molar refractivity (Wildman–Crippen MR) is 100 cm³/mol. The van der Waals surface area contributed by atoms with Crippen molar-refractivity contribution in [1.82, 2.24) is 20.4 Å². The molecular formula is C19H25N5O3. The minimum absolute atomic E-state index is 0.00864. The fraction of sp³-hybridized carbons (Fsp3) is 0.526. The molecule has 2 fully saturated rings. The fourth-order valence-electron chi connectivity index (χ4n) is 3.69. The van der Waals surface area contributed by atoms with Gasteiger partial charge in [0.25, 0.3) is 5.89 Å². The molecule has 0 radical (unpaired) electrons. The SMILES string of the molecule is CCc1noc(-c2cccc(NC(=O)NC3COCC3N3CCCC3)c2)n1. The van der Waals surface area contributed by atoms with E-state index in [1.165, 1.54) is 12.8 Å². The molecule has 2 N–H and O–H groups in total. The van der Waals surface area contributed by atoms with Crippen molar-refractivity contribution in [1.29, 1.82) is 0 Å². The number of anilines is 1. The summed E-state index contributed by atoms with van der Waals surface area (Å²) in [5.74, 6) is 1.12. The Kier molecular flexibility index (Phi) is 5.35. The molecule has 2 unspecified atom stereocenters. The Labute approximate surface area is 158 Å². The fourth-order valence-corrected chi connectivity index (χ4v) is 3.69. The van der Waals surface area contributed by atoms with E-state index in [0.717, 1.165) is 18.7 Å². The summed E-state index contributed by atoms with van der Waals surface area (Å²) in [5.41, 5.74) is 1.46. The van der Waals surface area contributed by atoms with E-state index < -0.39 is 0 Å². The van der Waals surface area contributed by atoms with Crippen LogP contribution in [0, 0.1) is 0 Å². The number of aryl methyl sites for hydroxylation is 1. The van der Waals surface area contributed by atoms with E-state index in [9.17, 15) is 4.79 Å². The van der Waals surface area contributed by atoms with Crippen LogP contribution < -0.4 is 10.6 Å². The smallest absolute Gasteiger partial charge is 0.319 e. The van der Waals surface area contributed by atoms with Gasteiger partial charge in [-0.05, 0) is 44.1 Å². The highest BCUT2D eigenvalue weighted by Crippen LogP contribution is 2.22. The minimum atomic E-state index is -0.230. The first-order valence-electron chi connectivity index (χ1n) is 9.55. The maximum Gasteiger partial charge on any atom is 0.319 e. The first-order valence-corrected chi connectivity index (χ1v) is 9.55. The number of nitrogens with one attached hydrogen (secondary N) is 2. The molecule has 27 heavy (non-hydrogen) atoms. The van der Waals surface area contributed by atoms with Crippen molar-refractivity contribution in [2.75, 3.05) is 31.6 Å². The average molecular weight is 371 g/mol. The first kappa shape index (κ1) is 17.9. The van der Waals surface area contributed by atoms with Gasteiger partial charge >= 0.3 is 6.03 Å². The first-order chi connectivity index (χ1) is 13.2. The molecule has 0 bridgehead atoms. The molecule has 1 aromatic heterocycles. The third-order valence-corrected chi connectivity index (χ3v) is 5.13. The lowest BCUT2D eigenvalue weighted by Gasteiger charge is -2.27. The second kappa shape index (κ2) is 8.06. The van der Waals surface area contributed by atoms with Crippen molar-refractivity contribution >= 4 is 11.7 Å². The molecule has 2 saturated heterocycles.